The van der Waals surface area contributed by atoms with Crippen LogP contribution in [0.1, 0.15) is 33.1 Å². The van der Waals surface area contributed by atoms with Gasteiger partial charge in [0.15, 0.2) is 12.6 Å². The van der Waals surface area contributed by atoms with E-state index in [2.05, 4.69) is 10.6 Å². The number of rotatable bonds is 8. The number of halogens is 1. The Morgan fingerprint density at radius 1 is 1.46 bits per heavy atom. The zero-order valence-electron chi connectivity index (χ0n) is 13.8. The fourth-order valence-electron chi connectivity index (χ4n) is 2.70. The molecule has 136 valence electrons. The van der Waals surface area contributed by atoms with E-state index in [0.717, 1.165) is 0 Å². The van der Waals surface area contributed by atoms with Gasteiger partial charge in [-0.1, -0.05) is 13.8 Å². The van der Waals surface area contributed by atoms with Crippen molar-refractivity contribution < 1.29 is 23.8 Å². The topological polar surface area (TPSA) is 138 Å². The molecule has 0 saturated carbocycles. The summed E-state index contributed by atoms with van der Waals surface area (Å²) in [6, 6.07) is -1.42. The summed E-state index contributed by atoms with van der Waals surface area (Å²) < 4.78 is 18.5. The molecule has 0 unspecified atom stereocenters. The van der Waals surface area contributed by atoms with Crippen molar-refractivity contribution in [3.8, 4) is 0 Å². The molecule has 1 aliphatic carbocycles. The predicted molar refractivity (Wildman–Crippen MR) is 86.3 cm³/mol. The van der Waals surface area contributed by atoms with Crippen molar-refractivity contribution in [2.24, 2.45) is 5.73 Å². The number of carboxylic acids is 1. The number of hydrogen-bond donors (Lipinski definition) is 5. The van der Waals surface area contributed by atoms with Gasteiger partial charge in [-0.05, 0) is 18.9 Å². The fourth-order valence-corrected chi connectivity index (χ4v) is 2.70. The van der Waals surface area contributed by atoms with Crippen molar-refractivity contribution in [2.45, 2.75) is 57.4 Å². The lowest BCUT2D eigenvalue weighted by atomic mass is 9.87. The van der Waals surface area contributed by atoms with Crippen LogP contribution in [0.4, 0.5) is 4.39 Å². The van der Waals surface area contributed by atoms with E-state index in [-0.39, 0.29) is 24.1 Å². The van der Waals surface area contributed by atoms with Gasteiger partial charge < -0.3 is 26.2 Å². The average Bonchev–Trinajstić information content (AvgIpc) is 2.53. The molecule has 8 nitrogen and oxygen atoms in total. The molecule has 0 radical (unpaired) electrons. The van der Waals surface area contributed by atoms with Crippen LogP contribution in [0.5, 0.6) is 0 Å². The van der Waals surface area contributed by atoms with Crippen LogP contribution in [0.3, 0.4) is 0 Å². The quantitative estimate of drug-likeness (QED) is 0.317. The number of carbonyl (C=O) groups excluding carboxylic acids is 1. The third-order valence-electron chi connectivity index (χ3n) is 3.92. The highest BCUT2D eigenvalue weighted by molar-refractivity contribution is 5.87. The largest absolute Gasteiger partial charge is 0.478 e. The molecular weight excluding hydrogens is 319 g/mol. The number of ether oxygens (including phenoxy) is 1. The van der Waals surface area contributed by atoms with Crippen LogP contribution in [-0.4, -0.2) is 53.9 Å². The number of alkyl halides is 1. The summed E-state index contributed by atoms with van der Waals surface area (Å²) in [7, 11) is 0. The van der Waals surface area contributed by atoms with E-state index in [9.17, 15) is 19.1 Å². The van der Waals surface area contributed by atoms with Crippen LogP contribution in [0, 0.1) is 5.41 Å². The van der Waals surface area contributed by atoms with Gasteiger partial charge in [0.25, 0.3) is 5.91 Å². The maximum atomic E-state index is 12.6. The molecule has 0 aliphatic heterocycles. The zero-order valence-corrected chi connectivity index (χ0v) is 13.8. The Hall–Kier alpha value is -2.16. The highest BCUT2D eigenvalue weighted by Gasteiger charge is 2.38. The van der Waals surface area contributed by atoms with E-state index >= 15 is 0 Å². The summed E-state index contributed by atoms with van der Waals surface area (Å²) in [6.45, 7) is 2.66. The first-order chi connectivity index (χ1) is 11.3. The summed E-state index contributed by atoms with van der Waals surface area (Å²) in [6.07, 6.45) is 1.97. The molecule has 0 aromatic rings. The first-order valence-electron chi connectivity index (χ1n) is 7.87. The molecule has 1 amide bonds. The van der Waals surface area contributed by atoms with Crippen LogP contribution >= 0.6 is 0 Å². The van der Waals surface area contributed by atoms with Crippen molar-refractivity contribution in [1.29, 1.82) is 5.41 Å². The number of nitrogens with two attached hydrogens (primary N) is 1. The highest BCUT2D eigenvalue weighted by atomic mass is 19.1. The molecule has 0 saturated heterocycles. The summed E-state index contributed by atoms with van der Waals surface area (Å²) in [5.74, 6) is -2.31. The van der Waals surface area contributed by atoms with Crippen molar-refractivity contribution in [1.82, 2.24) is 10.6 Å². The highest BCUT2D eigenvalue weighted by Crippen LogP contribution is 2.24. The van der Waals surface area contributed by atoms with E-state index in [4.69, 9.17) is 15.9 Å². The molecule has 0 fully saturated rings. The molecule has 0 bridgehead atoms. The van der Waals surface area contributed by atoms with E-state index in [0.29, 0.717) is 12.8 Å². The maximum Gasteiger partial charge on any atom is 0.331 e. The van der Waals surface area contributed by atoms with Crippen molar-refractivity contribution in [2.75, 3.05) is 6.67 Å². The molecule has 9 heteroatoms. The second kappa shape index (κ2) is 9.21. The lowest BCUT2D eigenvalue weighted by molar-refractivity contribution is -0.133. The number of hydrogen-bond acceptors (Lipinski definition) is 4. The van der Waals surface area contributed by atoms with E-state index in [1.54, 1.807) is 0 Å². The summed E-state index contributed by atoms with van der Waals surface area (Å²) >= 11 is 0. The van der Waals surface area contributed by atoms with Crippen molar-refractivity contribution in [3.63, 3.8) is 0 Å². The van der Waals surface area contributed by atoms with Crippen LogP contribution in [-0.2, 0) is 14.3 Å². The predicted octanol–water partition coefficient (Wildman–Crippen LogP) is 0.281. The molecule has 1 aliphatic rings. The molecule has 3 atom stereocenters. The number of guanidine groups is 1. The molecule has 24 heavy (non-hydrogen) atoms. The lowest BCUT2D eigenvalue weighted by Gasteiger charge is -2.38. The zero-order chi connectivity index (χ0) is 18.3. The monoisotopic (exact) mass is 344 g/mol. The summed E-state index contributed by atoms with van der Waals surface area (Å²) in [5.41, 5.74) is 5.44. The lowest BCUT2D eigenvalue weighted by Crippen LogP contribution is -2.60. The van der Waals surface area contributed by atoms with Gasteiger partial charge in [0.1, 0.15) is 0 Å². The minimum Gasteiger partial charge on any atom is -0.478 e. The van der Waals surface area contributed by atoms with Gasteiger partial charge in [0.05, 0.1) is 24.3 Å². The summed E-state index contributed by atoms with van der Waals surface area (Å²) in [4.78, 5) is 22.9. The molecule has 0 aromatic carbocycles. The third-order valence-corrected chi connectivity index (χ3v) is 3.92. The minimum atomic E-state index is -1.20. The Morgan fingerprint density at radius 3 is 2.54 bits per heavy atom. The molecule has 0 aromatic heterocycles. The Bertz CT molecular complexity index is 508. The van der Waals surface area contributed by atoms with Gasteiger partial charge in [-0.3, -0.25) is 10.2 Å². The second-order valence-electron chi connectivity index (χ2n) is 5.63. The van der Waals surface area contributed by atoms with Gasteiger partial charge in [0.2, 0.25) is 0 Å². The maximum absolute atomic E-state index is 12.6. The first kappa shape index (κ1) is 19.9. The smallest absolute Gasteiger partial charge is 0.331 e. The van der Waals surface area contributed by atoms with Crippen LogP contribution in [0.2, 0.25) is 0 Å². The average molecular weight is 344 g/mol. The van der Waals surface area contributed by atoms with E-state index in [1.807, 2.05) is 13.8 Å². The Balaban J connectivity index is 3.14. The number of aliphatic carboxylic acids is 1. The molecule has 1 rings (SSSR count). The Morgan fingerprint density at radius 2 is 2.08 bits per heavy atom. The molecular formula is C15H25FN4O4. The van der Waals surface area contributed by atoms with Gasteiger partial charge in [-0.15, -0.1) is 0 Å². The Labute approximate surface area is 140 Å². The van der Waals surface area contributed by atoms with Gasteiger partial charge in [0, 0.05) is 12.0 Å². The number of carbonyl (C=O) groups is 2. The van der Waals surface area contributed by atoms with Crippen LogP contribution < -0.4 is 16.4 Å². The minimum absolute atomic E-state index is 0.0227. The number of nitrogens with one attached hydrogen (secondary N) is 3. The summed E-state index contributed by atoms with van der Waals surface area (Å²) in [5, 5.41) is 21.8. The van der Waals surface area contributed by atoms with Crippen molar-refractivity contribution >= 4 is 17.8 Å². The third kappa shape index (κ3) is 5.48. The van der Waals surface area contributed by atoms with E-state index < -0.39 is 36.7 Å². The SMILES string of the molecule is CCC(CC)O[C@@H]1C=C(C(=O)O)C[C@H](NC(=N)N)[C@H]1NC(=O)CF. The second-order valence-corrected chi connectivity index (χ2v) is 5.63. The number of carboxylic acid groups (broad SMARTS) is 1. The van der Waals surface area contributed by atoms with Gasteiger partial charge >= 0.3 is 5.97 Å². The van der Waals surface area contributed by atoms with Crippen LogP contribution in [0.15, 0.2) is 11.6 Å². The Kier molecular flexibility index (Phi) is 7.63. The standard InChI is InChI=1S/C15H25FN4O4/c1-3-9(4-2)24-11-6-8(14(22)23)5-10(19-15(17)18)13(11)20-12(21)7-16/h6,9-11,13H,3-5,7H2,1-2H3,(H,20,21)(H,22,23)(H4,17,18,19)/t10-,11+,13+/m0/s1. The fraction of sp³-hybridized carbons (Fsp3) is 0.667. The van der Waals surface area contributed by atoms with Gasteiger partial charge in [-0.2, -0.15) is 0 Å². The number of amides is 1. The van der Waals surface area contributed by atoms with E-state index in [1.165, 1.54) is 6.08 Å². The molecule has 6 N–H and O–H groups in total. The molecule has 0 spiro atoms. The normalized spacial score (nSPS) is 23.5. The van der Waals surface area contributed by atoms with Crippen molar-refractivity contribution in [3.05, 3.63) is 11.6 Å². The first-order valence-corrected chi connectivity index (χ1v) is 7.87. The van der Waals surface area contributed by atoms with Crippen LogP contribution in [0.25, 0.3) is 0 Å². The molecule has 0 heterocycles. The van der Waals surface area contributed by atoms with Gasteiger partial charge in [-0.25, -0.2) is 9.18 Å².